The van der Waals surface area contributed by atoms with E-state index >= 15 is 0 Å². The molecule has 4 aromatic rings. The average Bonchev–Trinajstić information content (AvgIpc) is 3.82. The number of methoxy groups -OCH3 is 1. The predicted octanol–water partition coefficient (Wildman–Crippen LogP) is 0.538. The van der Waals surface area contributed by atoms with Gasteiger partial charge in [-0.05, 0) is 23.4 Å². The molecule has 7 N–H and O–H groups in total. The van der Waals surface area contributed by atoms with E-state index in [9.17, 15) is 24.6 Å². The van der Waals surface area contributed by atoms with Crippen LogP contribution in [-0.2, 0) is 39.2 Å². The smallest absolute Gasteiger partial charge is 0.330 e. The Balaban J connectivity index is 1.19. The van der Waals surface area contributed by atoms with Gasteiger partial charge in [0, 0.05) is 25.8 Å². The number of fused-ring (bicyclic) bond motifs is 1. The number of H-pyrrole nitrogens is 1. The molecule has 2 aliphatic rings. The molecule has 4 unspecified atom stereocenters. The van der Waals surface area contributed by atoms with Gasteiger partial charge in [-0.15, -0.1) is 0 Å². The number of imidazole rings is 1. The number of hydrogen-bond donors (Lipinski definition) is 5. The summed E-state index contributed by atoms with van der Waals surface area (Å²) in [6, 6.07) is 9.44. The van der Waals surface area contributed by atoms with Crippen molar-refractivity contribution < 1.29 is 43.0 Å². The van der Waals surface area contributed by atoms with E-state index in [1.54, 1.807) is 4.57 Å². The largest absolute Gasteiger partial charge is 0.453 e. The van der Waals surface area contributed by atoms with Crippen LogP contribution < -0.4 is 22.7 Å². The number of aromatic amines is 1. The summed E-state index contributed by atoms with van der Waals surface area (Å²) in [6.07, 6.45) is -5.60. The van der Waals surface area contributed by atoms with Gasteiger partial charge in [0.05, 0.1) is 25.6 Å². The second kappa shape index (κ2) is 16.7. The number of carbonyl (C=O) groups excluding carboxylic acids is 1. The van der Waals surface area contributed by atoms with Crippen molar-refractivity contribution in [2.75, 3.05) is 32.0 Å². The highest BCUT2D eigenvalue weighted by atomic mass is 32.8. The van der Waals surface area contributed by atoms with E-state index in [4.69, 9.17) is 39.5 Å². The van der Waals surface area contributed by atoms with Crippen LogP contribution in [0, 0.1) is 0 Å². The van der Waals surface area contributed by atoms with E-state index < -0.39 is 79.0 Å². The predicted molar refractivity (Wildman–Crippen MR) is 190 cm³/mol. The number of anilines is 1. The minimum atomic E-state index is -3.37. The van der Waals surface area contributed by atoms with Gasteiger partial charge in [0.1, 0.15) is 54.5 Å². The minimum absolute atomic E-state index is 0.172. The Morgan fingerprint density at radius 1 is 1.15 bits per heavy atom. The zero-order valence-electron chi connectivity index (χ0n) is 27.7. The number of nitrogen functional groups attached to an aromatic ring is 1. The summed E-state index contributed by atoms with van der Waals surface area (Å²) in [4.78, 5) is 51.9. The average molecular weight is 781 g/mol. The number of ether oxygens (including phenoxy) is 4. The number of nitrogens with one attached hydrogen (secondary N) is 1. The monoisotopic (exact) mass is 780 g/mol. The van der Waals surface area contributed by atoms with E-state index in [2.05, 4.69) is 28.5 Å². The van der Waals surface area contributed by atoms with Crippen LogP contribution >= 0.6 is 26.1 Å². The number of esters is 1. The summed E-state index contributed by atoms with van der Waals surface area (Å²) in [5, 5.41) is 21.3. The SMILES string of the molecule is CO[C@H]1C(OP(=P)(OC[C@H]2O[C@@H](n3cnc4c(N)ncnc43)CC2O)SCOC(=O)C(N)Cc2ccccc2)[C@@H](CO)O[C@H]1n1ccc(=O)[nH]c1=O. The summed E-state index contributed by atoms with van der Waals surface area (Å²) in [7, 11) is 5.03. The van der Waals surface area contributed by atoms with E-state index in [1.165, 1.54) is 26.0 Å². The maximum atomic E-state index is 12.8. The van der Waals surface area contributed by atoms with E-state index in [1.807, 2.05) is 30.3 Å². The molecule has 0 amide bonds. The van der Waals surface area contributed by atoms with Crippen LogP contribution in [0.25, 0.3) is 11.2 Å². The number of nitrogens with zero attached hydrogens (tertiary/aromatic N) is 5. The first-order valence-corrected chi connectivity index (χ1v) is 20.5. The maximum absolute atomic E-state index is 12.8. The second-order valence-electron chi connectivity index (χ2n) is 11.9. The summed E-state index contributed by atoms with van der Waals surface area (Å²) in [6.45, 7) is -0.747. The summed E-state index contributed by atoms with van der Waals surface area (Å²) >= 11 is 0.966. The van der Waals surface area contributed by atoms with Crippen LogP contribution in [0.15, 0.2) is 64.8 Å². The second-order valence-corrected chi connectivity index (χ2v) is 18.8. The number of aromatic nitrogens is 6. The zero-order valence-corrected chi connectivity index (χ0v) is 30.4. The van der Waals surface area contributed by atoms with Crippen LogP contribution in [0.3, 0.4) is 0 Å². The maximum Gasteiger partial charge on any atom is 0.330 e. The molecule has 19 nitrogen and oxygen atoms in total. The molecule has 0 saturated carbocycles. The fourth-order valence-electron chi connectivity index (χ4n) is 5.84. The number of hydrogen-bond acceptors (Lipinski definition) is 17. The van der Waals surface area contributed by atoms with Crippen molar-refractivity contribution in [1.29, 1.82) is 0 Å². The van der Waals surface area contributed by atoms with Crippen LogP contribution in [0.1, 0.15) is 24.4 Å². The molecule has 1 aromatic carbocycles. The van der Waals surface area contributed by atoms with Crippen LogP contribution in [0.2, 0.25) is 0 Å². The normalized spacial score (nSPS) is 26.3. The molecule has 0 aliphatic carbocycles. The lowest BCUT2D eigenvalue weighted by molar-refractivity contribution is -0.142. The first-order chi connectivity index (χ1) is 25.0. The van der Waals surface area contributed by atoms with E-state index in [-0.39, 0.29) is 31.2 Å². The van der Waals surface area contributed by atoms with Crippen molar-refractivity contribution in [3.05, 3.63) is 81.7 Å². The Kier molecular flexibility index (Phi) is 12.2. The molecule has 0 bridgehead atoms. The molecule has 0 spiro atoms. The molecule has 22 heteroatoms. The fourth-order valence-corrected chi connectivity index (χ4v) is 9.79. The molecule has 2 saturated heterocycles. The molecule has 52 heavy (non-hydrogen) atoms. The third-order valence-corrected chi connectivity index (χ3v) is 13.8. The fraction of sp³-hybridized carbons (Fsp3) is 0.467. The zero-order chi connectivity index (χ0) is 37.0. The highest BCUT2D eigenvalue weighted by Crippen LogP contribution is 2.67. The Labute approximate surface area is 301 Å². The minimum Gasteiger partial charge on any atom is -0.453 e. The van der Waals surface area contributed by atoms with Gasteiger partial charge in [0.25, 0.3) is 5.56 Å². The molecule has 6 rings (SSSR count). The van der Waals surface area contributed by atoms with Crippen LogP contribution in [0.4, 0.5) is 5.82 Å². The van der Waals surface area contributed by atoms with Crippen molar-refractivity contribution in [3.8, 4) is 0 Å². The lowest BCUT2D eigenvalue weighted by atomic mass is 10.1. The number of rotatable bonds is 15. The Morgan fingerprint density at radius 2 is 1.94 bits per heavy atom. The van der Waals surface area contributed by atoms with Gasteiger partial charge in [-0.3, -0.25) is 23.7 Å². The molecule has 2 fully saturated rings. The molecule has 3 aromatic heterocycles. The highest BCUT2D eigenvalue weighted by Gasteiger charge is 2.49. The molecule has 5 heterocycles. The van der Waals surface area contributed by atoms with E-state index in [0.717, 1.165) is 27.6 Å². The van der Waals surface area contributed by atoms with Crippen LogP contribution in [0.5, 0.6) is 0 Å². The number of aliphatic hydroxyl groups excluding tert-OH is 2. The van der Waals surface area contributed by atoms with Crippen molar-refractivity contribution >= 4 is 49.1 Å². The van der Waals surface area contributed by atoms with Crippen molar-refractivity contribution in [2.45, 2.75) is 61.9 Å². The lowest BCUT2D eigenvalue weighted by Gasteiger charge is -2.31. The Bertz CT molecular complexity index is 2020. The lowest BCUT2D eigenvalue weighted by Crippen LogP contribution is -2.39. The van der Waals surface area contributed by atoms with Crippen molar-refractivity contribution in [3.63, 3.8) is 0 Å². The molecule has 280 valence electrons. The quantitative estimate of drug-likeness (QED) is 0.0626. The number of aliphatic hydroxyl groups is 2. The topological polar surface area (TPSA) is 263 Å². The third kappa shape index (κ3) is 8.48. The molecular weight excluding hydrogens is 742 g/mol. The standard InChI is InChI=1S/C30H38N8O11P2S/c1-44-25-24(19(11-39)48-28(25)37-8-7-21(41)36-30(37)43)49-51(50,52-15-45-29(42)17(31)9-16-5-3-2-4-6-16)46-12-20-18(40)10-22(47-20)38-14-35-23-26(32)33-13-34-27(23)38/h2-8,13-14,17-20,22,24-25,28,39-40,50H,9-12,15,31H2,1H3,(H2,32,33,34)(H,36,41,43)/t17?,18?,19-,20-,22-,24?,25+,28-,51?/m1/s1. The highest BCUT2D eigenvalue weighted by molar-refractivity contribution is 8.64. The van der Waals surface area contributed by atoms with Gasteiger partial charge in [-0.2, -0.15) is 0 Å². The summed E-state index contributed by atoms with van der Waals surface area (Å²) < 4.78 is 38.9. The summed E-state index contributed by atoms with van der Waals surface area (Å²) in [5.74, 6) is -0.727. The van der Waals surface area contributed by atoms with Gasteiger partial charge in [0.15, 0.2) is 17.7 Å². The molecule has 2 aliphatic heterocycles. The molecule has 9 atom stereocenters. The van der Waals surface area contributed by atoms with Crippen molar-refractivity contribution in [1.82, 2.24) is 29.1 Å². The first-order valence-electron chi connectivity index (χ1n) is 15.9. The van der Waals surface area contributed by atoms with Gasteiger partial charge >= 0.3 is 11.7 Å². The molecule has 0 radical (unpaired) electrons. The van der Waals surface area contributed by atoms with Gasteiger partial charge < -0.3 is 49.7 Å². The van der Waals surface area contributed by atoms with E-state index in [0.29, 0.717) is 11.2 Å². The number of benzene rings is 1. The van der Waals surface area contributed by atoms with Crippen molar-refractivity contribution in [2.24, 2.45) is 5.73 Å². The first kappa shape index (κ1) is 38.2. The Hall–Kier alpha value is -3.52. The Morgan fingerprint density at radius 3 is 2.67 bits per heavy atom. The third-order valence-electron chi connectivity index (χ3n) is 8.46. The van der Waals surface area contributed by atoms with Crippen LogP contribution in [-0.4, -0.2) is 108 Å². The van der Waals surface area contributed by atoms with Gasteiger partial charge in [-0.1, -0.05) is 38.9 Å². The van der Waals surface area contributed by atoms with Gasteiger partial charge in [-0.25, -0.2) is 19.7 Å². The summed E-state index contributed by atoms with van der Waals surface area (Å²) in [5.41, 5.74) is 12.4. The molecular formula is C30H38N8O11P2S. The number of nitrogens with two attached hydrogens (primary N) is 2. The van der Waals surface area contributed by atoms with Gasteiger partial charge in [0.2, 0.25) is 6.21 Å². The number of carbonyl (C=O) groups is 1.